The van der Waals surface area contributed by atoms with Crippen molar-refractivity contribution in [2.24, 2.45) is 5.92 Å². The molecule has 3 aromatic heterocycles. The average Bonchev–Trinajstić information content (AvgIpc) is 3.16. The molecule has 4 heterocycles. The molecule has 0 amide bonds. The first-order chi connectivity index (χ1) is 12.3. The zero-order valence-corrected chi connectivity index (χ0v) is 15.7. The van der Waals surface area contributed by atoms with Gasteiger partial charge in [0.25, 0.3) is 0 Å². The van der Waals surface area contributed by atoms with Crippen LogP contribution < -0.4 is 10.6 Å². The maximum Gasteiger partial charge on any atom is 0.154 e. The Hall–Kier alpha value is -2.25. The van der Waals surface area contributed by atoms with Crippen LogP contribution in [-0.2, 0) is 6.54 Å². The smallest absolute Gasteiger partial charge is 0.154 e. The molecule has 0 saturated carbocycles. The van der Waals surface area contributed by atoms with E-state index < -0.39 is 0 Å². The number of anilines is 1. The Bertz CT molecular complexity index is 858. The molecule has 1 aliphatic heterocycles. The summed E-state index contributed by atoms with van der Waals surface area (Å²) in [7, 11) is 0. The van der Waals surface area contributed by atoms with Crippen LogP contribution in [0, 0.1) is 5.92 Å². The molecule has 7 nitrogen and oxygen atoms in total. The molecule has 0 spiro atoms. The topological polar surface area (TPSA) is 80.5 Å². The first-order valence-corrected chi connectivity index (χ1v) is 8.92. The van der Waals surface area contributed by atoms with E-state index in [0.717, 1.165) is 54.3 Å². The molecular weight excluding hydrogens is 350 g/mol. The summed E-state index contributed by atoms with van der Waals surface area (Å²) in [4.78, 5) is 13.8. The molecule has 1 saturated heterocycles. The summed E-state index contributed by atoms with van der Waals surface area (Å²) in [5.41, 5.74) is 3.53. The molecule has 1 aliphatic rings. The molecule has 1 fully saturated rings. The summed E-state index contributed by atoms with van der Waals surface area (Å²) < 4.78 is 1.90. The van der Waals surface area contributed by atoms with E-state index in [1.807, 2.05) is 23.1 Å². The number of aromatic nitrogens is 5. The molecule has 4 rings (SSSR count). The predicted octanol–water partition coefficient (Wildman–Crippen LogP) is 2.74. The van der Waals surface area contributed by atoms with Crippen LogP contribution in [0.4, 0.5) is 5.82 Å². The number of pyridine rings is 1. The van der Waals surface area contributed by atoms with Gasteiger partial charge in [-0.05, 0) is 44.8 Å². The highest BCUT2D eigenvalue weighted by Crippen LogP contribution is 2.25. The highest BCUT2D eigenvalue weighted by atomic mass is 35.5. The van der Waals surface area contributed by atoms with Crippen molar-refractivity contribution in [2.45, 2.75) is 26.3 Å². The van der Waals surface area contributed by atoms with Gasteiger partial charge in [-0.25, -0.2) is 9.97 Å². The van der Waals surface area contributed by atoms with Crippen LogP contribution in [0.15, 0.2) is 30.9 Å². The highest BCUT2D eigenvalue weighted by molar-refractivity contribution is 5.88. The largest absolute Gasteiger partial charge is 0.368 e. The number of fused-ring (bicyclic) bond motifs is 1. The SMILES string of the molecule is CCn1cc(-c2cc3nccnc3c(NC[C@@H]3CCCNC3)n2)cn1.Cl. The molecule has 0 aliphatic carbocycles. The standard InChI is InChI=1S/C18H23N7.ClH/c1-2-25-12-14(11-23-25)15-8-16-17(21-7-6-20-16)18(24-15)22-10-13-4-3-5-19-9-13;/h6-8,11-13,19H,2-5,9-10H2,1H3,(H,22,24);1H/t13-;/m1./s1. The van der Waals surface area contributed by atoms with Crippen LogP contribution in [-0.4, -0.2) is 44.4 Å². The van der Waals surface area contributed by atoms with Gasteiger partial charge >= 0.3 is 0 Å². The van der Waals surface area contributed by atoms with Crippen molar-refractivity contribution in [3.8, 4) is 11.3 Å². The maximum absolute atomic E-state index is 4.82. The Morgan fingerprint density at radius 1 is 1.31 bits per heavy atom. The number of nitrogens with zero attached hydrogens (tertiary/aromatic N) is 5. The highest BCUT2D eigenvalue weighted by Gasteiger charge is 2.15. The van der Waals surface area contributed by atoms with Gasteiger partial charge in [-0.2, -0.15) is 5.10 Å². The van der Waals surface area contributed by atoms with Crippen LogP contribution >= 0.6 is 12.4 Å². The van der Waals surface area contributed by atoms with Gasteiger partial charge < -0.3 is 10.6 Å². The molecular formula is C18H24ClN7. The Morgan fingerprint density at radius 2 is 2.19 bits per heavy atom. The van der Waals surface area contributed by atoms with Crippen molar-refractivity contribution in [1.29, 1.82) is 0 Å². The number of hydrogen-bond acceptors (Lipinski definition) is 6. The first-order valence-electron chi connectivity index (χ1n) is 8.92. The molecule has 1 atom stereocenters. The summed E-state index contributed by atoms with van der Waals surface area (Å²) in [5, 5.41) is 11.3. The Morgan fingerprint density at radius 3 is 2.96 bits per heavy atom. The zero-order chi connectivity index (χ0) is 17.1. The maximum atomic E-state index is 4.82. The van der Waals surface area contributed by atoms with Crippen LogP contribution in [0.25, 0.3) is 22.3 Å². The van der Waals surface area contributed by atoms with Gasteiger partial charge in [-0.3, -0.25) is 9.67 Å². The van der Waals surface area contributed by atoms with Gasteiger partial charge in [-0.15, -0.1) is 12.4 Å². The van der Waals surface area contributed by atoms with Gasteiger partial charge in [0.05, 0.1) is 17.4 Å². The van der Waals surface area contributed by atoms with Gasteiger partial charge in [0.2, 0.25) is 0 Å². The van der Waals surface area contributed by atoms with Gasteiger partial charge in [0, 0.05) is 37.2 Å². The molecule has 0 bridgehead atoms. The quantitative estimate of drug-likeness (QED) is 0.715. The van der Waals surface area contributed by atoms with E-state index >= 15 is 0 Å². The van der Waals surface area contributed by atoms with Crippen molar-refractivity contribution in [3.63, 3.8) is 0 Å². The Labute approximate surface area is 159 Å². The van der Waals surface area contributed by atoms with E-state index in [1.165, 1.54) is 12.8 Å². The molecule has 0 unspecified atom stereocenters. The van der Waals surface area contributed by atoms with Crippen molar-refractivity contribution in [1.82, 2.24) is 30.0 Å². The zero-order valence-electron chi connectivity index (χ0n) is 14.9. The van der Waals surface area contributed by atoms with Crippen molar-refractivity contribution < 1.29 is 0 Å². The minimum absolute atomic E-state index is 0. The summed E-state index contributed by atoms with van der Waals surface area (Å²) in [6.07, 6.45) is 9.77. The van der Waals surface area contributed by atoms with Crippen molar-refractivity contribution in [3.05, 3.63) is 30.9 Å². The second kappa shape index (κ2) is 8.42. The minimum atomic E-state index is 0. The third kappa shape index (κ3) is 3.94. The lowest BCUT2D eigenvalue weighted by Gasteiger charge is -2.23. The fourth-order valence-corrected chi connectivity index (χ4v) is 3.25. The second-order valence-corrected chi connectivity index (χ2v) is 6.46. The average molecular weight is 374 g/mol. The van der Waals surface area contributed by atoms with E-state index in [1.54, 1.807) is 12.4 Å². The van der Waals surface area contributed by atoms with Gasteiger partial charge in [0.1, 0.15) is 5.52 Å². The van der Waals surface area contributed by atoms with Crippen molar-refractivity contribution >= 4 is 29.3 Å². The van der Waals surface area contributed by atoms with E-state index in [4.69, 9.17) is 4.98 Å². The number of hydrogen-bond donors (Lipinski definition) is 2. The van der Waals surface area contributed by atoms with E-state index in [0.29, 0.717) is 5.92 Å². The number of piperidine rings is 1. The third-order valence-corrected chi connectivity index (χ3v) is 4.67. The summed E-state index contributed by atoms with van der Waals surface area (Å²) in [5.74, 6) is 1.42. The minimum Gasteiger partial charge on any atom is -0.368 e. The molecule has 8 heteroatoms. The first kappa shape index (κ1) is 18.5. The molecule has 0 radical (unpaired) electrons. The van der Waals surface area contributed by atoms with E-state index in [-0.39, 0.29) is 12.4 Å². The lowest BCUT2D eigenvalue weighted by molar-refractivity contribution is 0.392. The Balaban J connectivity index is 0.00000196. The van der Waals surface area contributed by atoms with Gasteiger partial charge in [0.15, 0.2) is 5.82 Å². The number of nitrogens with one attached hydrogen (secondary N) is 2. The summed E-state index contributed by atoms with van der Waals surface area (Å²) >= 11 is 0. The van der Waals surface area contributed by atoms with Crippen molar-refractivity contribution in [2.75, 3.05) is 25.0 Å². The fourth-order valence-electron chi connectivity index (χ4n) is 3.25. The van der Waals surface area contributed by atoms with E-state index in [9.17, 15) is 0 Å². The lowest BCUT2D eigenvalue weighted by Crippen LogP contribution is -2.33. The number of halogens is 1. The Kier molecular flexibility index (Phi) is 6.00. The van der Waals surface area contributed by atoms with Crippen LogP contribution in [0.2, 0.25) is 0 Å². The lowest BCUT2D eigenvalue weighted by atomic mass is 10.00. The summed E-state index contributed by atoms with van der Waals surface area (Å²) in [6.45, 7) is 5.98. The summed E-state index contributed by atoms with van der Waals surface area (Å²) in [6, 6.07) is 1.98. The number of rotatable bonds is 5. The van der Waals surface area contributed by atoms with Gasteiger partial charge in [-0.1, -0.05) is 0 Å². The van der Waals surface area contributed by atoms with Crippen LogP contribution in [0.3, 0.4) is 0 Å². The molecule has 138 valence electrons. The van der Waals surface area contributed by atoms with Crippen LogP contribution in [0.5, 0.6) is 0 Å². The molecule has 3 aromatic rings. The molecule has 26 heavy (non-hydrogen) atoms. The fraction of sp³-hybridized carbons (Fsp3) is 0.444. The third-order valence-electron chi connectivity index (χ3n) is 4.67. The molecule has 0 aromatic carbocycles. The normalized spacial score (nSPS) is 17.0. The second-order valence-electron chi connectivity index (χ2n) is 6.46. The number of aryl methyl sites for hydroxylation is 1. The predicted molar refractivity (Wildman–Crippen MR) is 106 cm³/mol. The monoisotopic (exact) mass is 373 g/mol. The molecule has 2 N–H and O–H groups in total. The van der Waals surface area contributed by atoms with Crippen LogP contribution in [0.1, 0.15) is 19.8 Å². The van der Waals surface area contributed by atoms with E-state index in [2.05, 4.69) is 32.6 Å².